The second kappa shape index (κ2) is 7.05. The van der Waals surface area contributed by atoms with Gasteiger partial charge in [0.05, 0.1) is 5.56 Å². The Labute approximate surface area is 167 Å². The van der Waals surface area contributed by atoms with Crippen LogP contribution in [0.3, 0.4) is 0 Å². The molecule has 0 spiro atoms. The van der Waals surface area contributed by atoms with Crippen molar-refractivity contribution in [3.63, 3.8) is 0 Å². The number of nitrogens with zero attached hydrogens (tertiary/aromatic N) is 2. The predicted molar refractivity (Wildman–Crippen MR) is 115 cm³/mol. The Morgan fingerprint density at radius 2 is 1.86 bits per heavy atom. The van der Waals surface area contributed by atoms with Gasteiger partial charge in [0.25, 0.3) is 0 Å². The zero-order valence-corrected chi connectivity index (χ0v) is 17.7. The molecule has 0 aliphatic heterocycles. The van der Waals surface area contributed by atoms with Crippen LogP contribution in [-0.2, 0) is 13.5 Å². The summed E-state index contributed by atoms with van der Waals surface area (Å²) in [5, 5.41) is 2.20. The molecule has 0 N–H and O–H groups in total. The third kappa shape index (κ3) is 3.09. The molecule has 0 saturated heterocycles. The number of furan rings is 1. The SMILES string of the molecule is Cc1ccc2c(oc3ncccc32)c1-c1cc(CC(C)C)c(C(C)C)c[n+]1C. The van der Waals surface area contributed by atoms with E-state index >= 15 is 0 Å². The summed E-state index contributed by atoms with van der Waals surface area (Å²) in [7, 11) is 2.14. The fourth-order valence-electron chi connectivity index (χ4n) is 4.19. The molecule has 3 nitrogen and oxygen atoms in total. The molecule has 0 radical (unpaired) electrons. The number of benzene rings is 1. The number of hydrogen-bond acceptors (Lipinski definition) is 2. The molecule has 0 fully saturated rings. The van der Waals surface area contributed by atoms with Crippen molar-refractivity contribution >= 4 is 22.1 Å². The van der Waals surface area contributed by atoms with Gasteiger partial charge >= 0.3 is 0 Å². The fraction of sp³-hybridized carbons (Fsp3) is 0.360. The number of pyridine rings is 2. The molecule has 1 aromatic carbocycles. The Morgan fingerprint density at radius 1 is 1.07 bits per heavy atom. The summed E-state index contributed by atoms with van der Waals surface area (Å²) in [6, 6.07) is 10.8. The van der Waals surface area contributed by atoms with Crippen LogP contribution in [0.4, 0.5) is 0 Å². The van der Waals surface area contributed by atoms with E-state index in [2.05, 4.69) is 81.7 Å². The van der Waals surface area contributed by atoms with E-state index in [1.54, 1.807) is 6.20 Å². The largest absolute Gasteiger partial charge is 0.437 e. The van der Waals surface area contributed by atoms with Gasteiger partial charge in [0, 0.05) is 28.6 Å². The minimum atomic E-state index is 0.501. The van der Waals surface area contributed by atoms with Crippen LogP contribution < -0.4 is 4.57 Å². The highest BCUT2D eigenvalue weighted by Gasteiger charge is 2.24. The van der Waals surface area contributed by atoms with Crippen LogP contribution in [0.5, 0.6) is 0 Å². The molecular formula is C25H29N2O+. The van der Waals surface area contributed by atoms with Crippen LogP contribution in [0.1, 0.15) is 50.3 Å². The van der Waals surface area contributed by atoms with E-state index in [0.29, 0.717) is 17.5 Å². The Bertz CT molecular complexity index is 1170. The van der Waals surface area contributed by atoms with Gasteiger partial charge in [0.15, 0.2) is 11.8 Å². The Hall–Kier alpha value is -2.68. The minimum absolute atomic E-state index is 0.501. The summed E-state index contributed by atoms with van der Waals surface area (Å²) in [5.41, 5.74) is 8.07. The van der Waals surface area contributed by atoms with Gasteiger partial charge < -0.3 is 4.42 Å². The zero-order chi connectivity index (χ0) is 20.0. The van der Waals surface area contributed by atoms with Gasteiger partial charge in [-0.05, 0) is 48.4 Å². The highest BCUT2D eigenvalue weighted by atomic mass is 16.3. The van der Waals surface area contributed by atoms with Crippen LogP contribution in [-0.4, -0.2) is 4.98 Å². The molecule has 4 rings (SSSR count). The molecule has 0 unspecified atom stereocenters. The molecule has 4 aromatic rings. The van der Waals surface area contributed by atoms with E-state index in [4.69, 9.17) is 4.42 Å². The number of fused-ring (bicyclic) bond motifs is 3. The maximum Gasteiger partial charge on any atom is 0.227 e. The van der Waals surface area contributed by atoms with Crippen LogP contribution >= 0.6 is 0 Å². The van der Waals surface area contributed by atoms with Gasteiger partial charge in [0.2, 0.25) is 11.4 Å². The van der Waals surface area contributed by atoms with Crippen LogP contribution in [0.25, 0.3) is 33.3 Å². The fourth-order valence-corrected chi connectivity index (χ4v) is 4.19. The third-order valence-electron chi connectivity index (χ3n) is 5.53. The van der Waals surface area contributed by atoms with Gasteiger partial charge in [-0.15, -0.1) is 0 Å². The van der Waals surface area contributed by atoms with Crippen molar-refractivity contribution in [2.45, 2.75) is 47.0 Å². The van der Waals surface area contributed by atoms with Gasteiger partial charge in [0.1, 0.15) is 7.05 Å². The molecule has 144 valence electrons. The summed E-state index contributed by atoms with van der Waals surface area (Å²) >= 11 is 0. The van der Waals surface area contributed by atoms with Crippen molar-refractivity contribution in [2.75, 3.05) is 0 Å². The number of hydrogen-bond donors (Lipinski definition) is 0. The third-order valence-corrected chi connectivity index (χ3v) is 5.53. The van der Waals surface area contributed by atoms with Crippen molar-refractivity contribution in [3.05, 3.63) is 59.4 Å². The van der Waals surface area contributed by atoms with Crippen molar-refractivity contribution in [1.82, 2.24) is 4.98 Å². The van der Waals surface area contributed by atoms with E-state index in [-0.39, 0.29) is 0 Å². The summed E-state index contributed by atoms with van der Waals surface area (Å²) in [6.07, 6.45) is 5.17. The van der Waals surface area contributed by atoms with Crippen molar-refractivity contribution < 1.29 is 8.98 Å². The molecule has 3 aromatic heterocycles. The predicted octanol–water partition coefficient (Wildman–Crippen LogP) is 6.10. The summed E-state index contributed by atoms with van der Waals surface area (Å²) in [6.45, 7) is 11.3. The first-order chi connectivity index (χ1) is 13.4. The minimum Gasteiger partial charge on any atom is -0.437 e. The van der Waals surface area contributed by atoms with Gasteiger partial charge in [-0.2, -0.15) is 0 Å². The molecule has 0 aliphatic rings. The second-order valence-electron chi connectivity index (χ2n) is 8.60. The van der Waals surface area contributed by atoms with E-state index in [1.807, 2.05) is 6.07 Å². The average Bonchev–Trinajstić information content (AvgIpc) is 3.01. The summed E-state index contributed by atoms with van der Waals surface area (Å²) in [4.78, 5) is 4.43. The summed E-state index contributed by atoms with van der Waals surface area (Å²) < 4.78 is 8.50. The zero-order valence-electron chi connectivity index (χ0n) is 17.7. The normalized spacial score (nSPS) is 12.0. The lowest BCUT2D eigenvalue weighted by molar-refractivity contribution is -0.660. The molecule has 28 heavy (non-hydrogen) atoms. The molecule has 0 saturated carbocycles. The Morgan fingerprint density at radius 3 is 2.57 bits per heavy atom. The maximum atomic E-state index is 6.25. The van der Waals surface area contributed by atoms with Crippen LogP contribution in [0.2, 0.25) is 0 Å². The Kier molecular flexibility index (Phi) is 4.70. The van der Waals surface area contributed by atoms with Gasteiger partial charge in [-0.3, -0.25) is 0 Å². The monoisotopic (exact) mass is 373 g/mol. The molecule has 0 amide bonds. The average molecular weight is 374 g/mol. The first-order valence-corrected chi connectivity index (χ1v) is 10.2. The lowest BCUT2D eigenvalue weighted by Crippen LogP contribution is -2.32. The van der Waals surface area contributed by atoms with E-state index < -0.39 is 0 Å². The van der Waals surface area contributed by atoms with E-state index in [9.17, 15) is 0 Å². The topological polar surface area (TPSA) is 29.9 Å². The second-order valence-corrected chi connectivity index (χ2v) is 8.60. The highest BCUT2D eigenvalue weighted by Crippen LogP contribution is 2.37. The molecule has 3 heterocycles. The number of rotatable bonds is 4. The van der Waals surface area contributed by atoms with Crippen molar-refractivity contribution in [2.24, 2.45) is 13.0 Å². The lowest BCUT2D eigenvalue weighted by Gasteiger charge is -2.15. The number of aryl methyl sites for hydroxylation is 2. The first kappa shape index (κ1) is 18.7. The molecule has 0 atom stereocenters. The van der Waals surface area contributed by atoms with E-state index in [0.717, 1.165) is 22.8 Å². The van der Waals surface area contributed by atoms with Gasteiger partial charge in [-0.25, -0.2) is 9.55 Å². The van der Waals surface area contributed by atoms with Crippen LogP contribution in [0.15, 0.2) is 47.1 Å². The smallest absolute Gasteiger partial charge is 0.227 e. The standard InChI is InChI=1S/C25H29N2O/c1-15(2)12-18-13-22(27(6)14-21(18)16(3)4)23-17(5)9-10-19-20-8-7-11-26-25(20)28-24(19)23/h7-11,13-16H,12H2,1-6H3/q+1. The molecule has 3 heteroatoms. The van der Waals surface area contributed by atoms with Crippen molar-refractivity contribution in [1.29, 1.82) is 0 Å². The van der Waals surface area contributed by atoms with Crippen molar-refractivity contribution in [3.8, 4) is 11.3 Å². The van der Waals surface area contributed by atoms with E-state index in [1.165, 1.54) is 27.9 Å². The highest BCUT2D eigenvalue weighted by molar-refractivity contribution is 6.08. The quantitative estimate of drug-likeness (QED) is 0.404. The molecule has 0 aliphatic carbocycles. The Balaban J connectivity index is 2.03. The van der Waals surface area contributed by atoms with Gasteiger partial charge in [-0.1, -0.05) is 39.8 Å². The van der Waals surface area contributed by atoms with Crippen LogP contribution in [0, 0.1) is 12.8 Å². The number of aromatic nitrogens is 2. The maximum absolute atomic E-state index is 6.25. The first-order valence-electron chi connectivity index (χ1n) is 10.2. The summed E-state index contributed by atoms with van der Waals surface area (Å²) in [5.74, 6) is 1.12. The lowest BCUT2D eigenvalue weighted by atomic mass is 9.91. The molecular weight excluding hydrogens is 344 g/mol. The molecule has 0 bridgehead atoms.